The van der Waals surface area contributed by atoms with E-state index in [1.54, 1.807) is 18.3 Å². The lowest BCUT2D eigenvalue weighted by molar-refractivity contribution is -0.144. The van der Waals surface area contributed by atoms with Crippen LogP contribution in [0.5, 0.6) is 0 Å². The van der Waals surface area contributed by atoms with E-state index in [0.717, 1.165) is 35.1 Å². The van der Waals surface area contributed by atoms with E-state index < -0.39 is 17.8 Å². The first kappa shape index (κ1) is 24.0. The molecule has 182 valence electrons. The van der Waals surface area contributed by atoms with E-state index >= 15 is 0 Å². The van der Waals surface area contributed by atoms with E-state index in [4.69, 9.17) is 16.0 Å². The molecule has 1 aliphatic rings. The number of rotatable bonds is 7. The summed E-state index contributed by atoms with van der Waals surface area (Å²) >= 11 is 6.07. The van der Waals surface area contributed by atoms with Crippen molar-refractivity contribution in [1.29, 1.82) is 0 Å². The summed E-state index contributed by atoms with van der Waals surface area (Å²) in [7, 11) is 0. The van der Waals surface area contributed by atoms with E-state index in [1.165, 1.54) is 0 Å². The van der Waals surface area contributed by atoms with Gasteiger partial charge in [-0.1, -0.05) is 85.1 Å². The molecule has 36 heavy (non-hydrogen) atoms. The van der Waals surface area contributed by atoms with Gasteiger partial charge in [-0.3, -0.25) is 9.59 Å². The molecule has 5 nitrogen and oxygen atoms in total. The minimum Gasteiger partial charge on any atom is -0.481 e. The average Bonchev–Trinajstić information content (AvgIpc) is 3.37. The zero-order valence-electron chi connectivity index (χ0n) is 19.7. The molecule has 1 N–H and O–H groups in total. The Bertz CT molecular complexity index is 1370. The van der Waals surface area contributed by atoms with Gasteiger partial charge < -0.3 is 9.52 Å². The first-order valence-electron chi connectivity index (χ1n) is 12.1. The number of carboxylic acid groups (broad SMARTS) is 1. The number of oxazole rings is 1. The molecule has 0 saturated heterocycles. The number of nitrogens with zero attached hydrogens (tertiary/aromatic N) is 1. The second-order valence-electron chi connectivity index (χ2n) is 9.28. The molecule has 1 aliphatic carbocycles. The van der Waals surface area contributed by atoms with Gasteiger partial charge in [0.15, 0.2) is 17.4 Å². The number of carboxylic acids is 1. The summed E-state index contributed by atoms with van der Waals surface area (Å²) in [6.45, 7) is 0. The topological polar surface area (TPSA) is 80.4 Å². The second kappa shape index (κ2) is 10.5. The number of carbonyl (C=O) groups excluding carboxylic acids is 1. The van der Waals surface area contributed by atoms with Crippen LogP contribution in [0.15, 0.2) is 83.4 Å². The molecule has 0 radical (unpaired) electrons. The summed E-state index contributed by atoms with van der Waals surface area (Å²) in [5.74, 6) is -0.636. The van der Waals surface area contributed by atoms with Gasteiger partial charge in [0.25, 0.3) is 0 Å². The van der Waals surface area contributed by atoms with Gasteiger partial charge in [-0.25, -0.2) is 4.98 Å². The molecule has 0 bridgehead atoms. The lowest BCUT2D eigenvalue weighted by atomic mass is 9.75. The Morgan fingerprint density at radius 2 is 1.53 bits per heavy atom. The third-order valence-electron chi connectivity index (χ3n) is 6.89. The number of aromatic nitrogens is 1. The van der Waals surface area contributed by atoms with Gasteiger partial charge in [0.05, 0.1) is 12.1 Å². The van der Waals surface area contributed by atoms with Crippen molar-refractivity contribution in [3.8, 4) is 22.5 Å². The maximum absolute atomic E-state index is 13.0. The van der Waals surface area contributed by atoms with Gasteiger partial charge in [0.2, 0.25) is 0 Å². The molecular formula is C30H26ClNO4. The van der Waals surface area contributed by atoms with Crippen molar-refractivity contribution in [3.05, 3.63) is 101 Å². The molecule has 2 atom stereocenters. The van der Waals surface area contributed by atoms with E-state index in [0.29, 0.717) is 41.5 Å². The molecule has 4 aromatic rings. The number of hydrogen-bond donors (Lipinski definition) is 1. The Hall–Kier alpha value is -3.70. The van der Waals surface area contributed by atoms with Gasteiger partial charge in [-0.15, -0.1) is 0 Å². The second-order valence-corrected chi connectivity index (χ2v) is 9.72. The van der Waals surface area contributed by atoms with Crippen LogP contribution in [0.2, 0.25) is 5.02 Å². The van der Waals surface area contributed by atoms with E-state index in [-0.39, 0.29) is 5.78 Å². The summed E-state index contributed by atoms with van der Waals surface area (Å²) in [5.41, 5.74) is 4.53. The molecular weight excluding hydrogens is 474 g/mol. The number of hydrogen-bond acceptors (Lipinski definition) is 4. The summed E-state index contributed by atoms with van der Waals surface area (Å²) in [4.78, 5) is 29.0. The van der Waals surface area contributed by atoms with Gasteiger partial charge >= 0.3 is 5.97 Å². The van der Waals surface area contributed by atoms with Crippen LogP contribution in [0.4, 0.5) is 0 Å². The Balaban J connectivity index is 1.27. The summed E-state index contributed by atoms with van der Waals surface area (Å²) in [5, 5.41) is 10.2. The number of carbonyl (C=O) groups is 2. The van der Waals surface area contributed by atoms with Gasteiger partial charge in [-0.2, -0.15) is 0 Å². The van der Waals surface area contributed by atoms with Gasteiger partial charge in [0.1, 0.15) is 0 Å². The maximum Gasteiger partial charge on any atom is 0.307 e. The molecule has 0 aliphatic heterocycles. The highest BCUT2D eigenvalue weighted by Crippen LogP contribution is 2.33. The summed E-state index contributed by atoms with van der Waals surface area (Å²) in [6, 6.07) is 23.1. The zero-order valence-corrected chi connectivity index (χ0v) is 20.4. The molecule has 1 fully saturated rings. The van der Waals surface area contributed by atoms with Crippen LogP contribution >= 0.6 is 11.6 Å². The normalized spacial score (nSPS) is 17.6. The predicted octanol–water partition coefficient (Wildman–Crippen LogP) is 7.33. The fraction of sp³-hybridized carbons (Fsp3) is 0.233. The monoisotopic (exact) mass is 499 g/mol. The summed E-state index contributed by atoms with van der Waals surface area (Å²) in [6.07, 6.45) is 5.28. The minimum atomic E-state index is -0.867. The molecule has 1 aromatic heterocycles. The maximum atomic E-state index is 13.0. The van der Waals surface area contributed by atoms with Crippen molar-refractivity contribution in [2.75, 3.05) is 0 Å². The van der Waals surface area contributed by atoms with E-state index in [2.05, 4.69) is 4.98 Å². The zero-order chi connectivity index (χ0) is 25.1. The fourth-order valence-electron chi connectivity index (χ4n) is 4.96. The number of halogens is 1. The third-order valence-corrected chi connectivity index (χ3v) is 7.13. The molecule has 5 rings (SSSR count). The van der Waals surface area contributed by atoms with Crippen LogP contribution in [0.3, 0.4) is 0 Å². The number of benzene rings is 3. The van der Waals surface area contributed by atoms with Crippen molar-refractivity contribution < 1.29 is 19.1 Å². The lowest BCUT2D eigenvalue weighted by Crippen LogP contribution is -2.32. The van der Waals surface area contributed by atoms with Crippen molar-refractivity contribution in [2.24, 2.45) is 11.8 Å². The summed E-state index contributed by atoms with van der Waals surface area (Å²) < 4.78 is 5.95. The molecule has 1 heterocycles. The Morgan fingerprint density at radius 1 is 0.889 bits per heavy atom. The molecule has 1 saturated carbocycles. The minimum absolute atomic E-state index is 0.0668. The van der Waals surface area contributed by atoms with Crippen LogP contribution < -0.4 is 0 Å². The van der Waals surface area contributed by atoms with Gasteiger partial charge in [-0.05, 0) is 41.7 Å². The molecule has 0 spiro atoms. The van der Waals surface area contributed by atoms with Crippen molar-refractivity contribution in [2.45, 2.75) is 32.1 Å². The number of Topliss-reactive ketones (excluding diaryl/α,β-unsaturated/α-hetero) is 1. The SMILES string of the molecule is O=C(O)[C@@H]1CCCC[C@H]1C(=O)c1ccc(-c2ccc(-c3cnc(Cc4cccc(Cl)c4)o3)cc2)cc1. The van der Waals surface area contributed by atoms with Gasteiger partial charge in [0, 0.05) is 28.5 Å². The Morgan fingerprint density at radius 3 is 2.19 bits per heavy atom. The highest BCUT2D eigenvalue weighted by atomic mass is 35.5. The number of ketones is 1. The first-order valence-corrected chi connectivity index (χ1v) is 12.5. The van der Waals surface area contributed by atoms with Crippen LogP contribution in [0, 0.1) is 11.8 Å². The fourth-order valence-corrected chi connectivity index (χ4v) is 5.17. The highest BCUT2D eigenvalue weighted by molar-refractivity contribution is 6.30. The van der Waals surface area contributed by atoms with E-state index in [1.807, 2.05) is 60.7 Å². The van der Waals surface area contributed by atoms with Crippen LogP contribution in [-0.4, -0.2) is 21.8 Å². The van der Waals surface area contributed by atoms with Crippen molar-refractivity contribution >= 4 is 23.4 Å². The Labute approximate surface area is 214 Å². The van der Waals surface area contributed by atoms with Crippen LogP contribution in [-0.2, 0) is 11.2 Å². The molecule has 3 aromatic carbocycles. The highest BCUT2D eigenvalue weighted by Gasteiger charge is 2.35. The average molecular weight is 500 g/mol. The molecule has 0 unspecified atom stereocenters. The number of aliphatic carboxylic acids is 1. The Kier molecular flexibility index (Phi) is 7.01. The van der Waals surface area contributed by atoms with Crippen LogP contribution in [0.25, 0.3) is 22.5 Å². The molecule has 0 amide bonds. The van der Waals surface area contributed by atoms with Crippen molar-refractivity contribution in [3.63, 3.8) is 0 Å². The van der Waals surface area contributed by atoms with E-state index in [9.17, 15) is 14.7 Å². The van der Waals surface area contributed by atoms with Crippen molar-refractivity contribution in [1.82, 2.24) is 4.98 Å². The predicted molar refractivity (Wildman–Crippen MR) is 139 cm³/mol. The molecule has 6 heteroatoms. The largest absolute Gasteiger partial charge is 0.481 e. The quantitative estimate of drug-likeness (QED) is 0.269. The standard InChI is InChI=1S/C30H26ClNO4/c31-24-5-3-4-19(16-24)17-28-32-18-27(36-28)22-12-8-20(9-13-22)21-10-14-23(15-11-21)29(33)25-6-1-2-7-26(25)30(34)35/h3-5,8-16,18,25-26H,1-2,6-7,17H2,(H,34,35)/t25-,26-/m1/s1. The lowest BCUT2D eigenvalue weighted by Gasteiger charge is -2.27. The third kappa shape index (κ3) is 5.26. The van der Waals surface area contributed by atoms with Crippen LogP contribution in [0.1, 0.15) is 47.5 Å². The first-order chi connectivity index (χ1) is 17.5. The smallest absolute Gasteiger partial charge is 0.307 e.